The quantitative estimate of drug-likeness (QED) is 0.781. The van der Waals surface area contributed by atoms with Crippen LogP contribution in [0.5, 0.6) is 0 Å². The van der Waals surface area contributed by atoms with Gasteiger partial charge >= 0.3 is 0 Å². The molecule has 2 fully saturated rings. The van der Waals surface area contributed by atoms with E-state index in [1.54, 1.807) is 32.9 Å². The van der Waals surface area contributed by atoms with Crippen LogP contribution in [0.3, 0.4) is 0 Å². The molecule has 1 N–H and O–H groups in total. The van der Waals surface area contributed by atoms with Crippen LogP contribution in [0.15, 0.2) is 24.3 Å². The number of nitrogens with one attached hydrogen (secondary N) is 1. The van der Waals surface area contributed by atoms with E-state index < -0.39 is 10.2 Å². The zero-order valence-corrected chi connectivity index (χ0v) is 17.9. The predicted octanol–water partition coefficient (Wildman–Crippen LogP) is 2.41. The molecule has 2 saturated heterocycles. The number of carbonyl (C=O) groups is 1. The van der Waals surface area contributed by atoms with Gasteiger partial charge in [-0.1, -0.05) is 24.4 Å². The molecule has 0 aliphatic carbocycles. The molecule has 0 spiro atoms. The van der Waals surface area contributed by atoms with E-state index >= 15 is 0 Å². The van der Waals surface area contributed by atoms with Crippen LogP contribution >= 0.6 is 11.6 Å². The van der Waals surface area contributed by atoms with Crippen molar-refractivity contribution in [3.63, 3.8) is 0 Å². The highest BCUT2D eigenvalue weighted by molar-refractivity contribution is 7.86. The molecular weight excluding hydrogens is 400 g/mol. The lowest BCUT2D eigenvalue weighted by Gasteiger charge is -2.38. The van der Waals surface area contributed by atoms with Crippen molar-refractivity contribution in [2.45, 2.75) is 38.6 Å². The summed E-state index contributed by atoms with van der Waals surface area (Å²) in [5.41, 5.74) is 0.698. The zero-order chi connectivity index (χ0) is 20.1. The van der Waals surface area contributed by atoms with Gasteiger partial charge in [-0.25, -0.2) is 0 Å². The molecule has 2 aliphatic rings. The number of carbonyl (C=O) groups excluding carboxylic acids is 1. The molecule has 0 bridgehead atoms. The van der Waals surface area contributed by atoms with Crippen LogP contribution in [0.4, 0.5) is 5.69 Å². The molecule has 1 unspecified atom stereocenters. The Balaban J connectivity index is 1.53. The van der Waals surface area contributed by atoms with E-state index in [9.17, 15) is 13.2 Å². The molecule has 1 amide bonds. The predicted molar refractivity (Wildman–Crippen MR) is 112 cm³/mol. The van der Waals surface area contributed by atoms with Gasteiger partial charge in [0.25, 0.3) is 10.2 Å². The van der Waals surface area contributed by atoms with Crippen LogP contribution in [-0.4, -0.2) is 73.1 Å². The van der Waals surface area contributed by atoms with Gasteiger partial charge < -0.3 is 5.32 Å². The Hall–Kier alpha value is -1.19. The van der Waals surface area contributed by atoms with Crippen molar-refractivity contribution in [1.82, 2.24) is 13.5 Å². The average molecular weight is 429 g/mol. The Morgan fingerprint density at radius 3 is 2.04 bits per heavy atom. The summed E-state index contributed by atoms with van der Waals surface area (Å²) in [5.74, 6) is -0.105. The second-order valence-corrected chi connectivity index (χ2v) is 9.79. The minimum atomic E-state index is -3.40. The second-order valence-electron chi connectivity index (χ2n) is 7.43. The molecule has 28 heavy (non-hydrogen) atoms. The van der Waals surface area contributed by atoms with E-state index in [1.165, 1.54) is 0 Å². The minimum Gasteiger partial charge on any atom is -0.325 e. The minimum absolute atomic E-state index is 0.105. The van der Waals surface area contributed by atoms with Crippen LogP contribution in [0, 0.1) is 0 Å². The highest BCUT2D eigenvalue weighted by Crippen LogP contribution is 2.19. The van der Waals surface area contributed by atoms with E-state index in [0.717, 1.165) is 25.7 Å². The molecular formula is C19H29ClN4O3S. The average Bonchev–Trinajstić information content (AvgIpc) is 2.99. The van der Waals surface area contributed by atoms with Gasteiger partial charge in [0.2, 0.25) is 5.91 Å². The summed E-state index contributed by atoms with van der Waals surface area (Å²) >= 11 is 5.87. The van der Waals surface area contributed by atoms with Gasteiger partial charge in [-0.2, -0.15) is 17.0 Å². The van der Waals surface area contributed by atoms with Crippen molar-refractivity contribution in [3.8, 4) is 0 Å². The molecule has 3 rings (SSSR count). The van der Waals surface area contributed by atoms with Gasteiger partial charge in [-0.05, 0) is 44.0 Å². The van der Waals surface area contributed by atoms with Gasteiger partial charge in [-0.15, -0.1) is 0 Å². The van der Waals surface area contributed by atoms with Gasteiger partial charge in [0, 0.05) is 50.0 Å². The number of benzene rings is 1. The van der Waals surface area contributed by atoms with Crippen molar-refractivity contribution < 1.29 is 13.2 Å². The zero-order valence-electron chi connectivity index (χ0n) is 16.3. The molecule has 7 nitrogen and oxygen atoms in total. The summed E-state index contributed by atoms with van der Waals surface area (Å²) in [6, 6.07) is 6.65. The number of rotatable bonds is 5. The van der Waals surface area contributed by atoms with Gasteiger partial charge in [0.1, 0.15) is 0 Å². The summed E-state index contributed by atoms with van der Waals surface area (Å²) < 4.78 is 29.0. The van der Waals surface area contributed by atoms with Crippen molar-refractivity contribution in [2.24, 2.45) is 0 Å². The van der Waals surface area contributed by atoms with Gasteiger partial charge in [0.05, 0.1) is 6.04 Å². The molecule has 2 heterocycles. The summed E-state index contributed by atoms with van der Waals surface area (Å²) in [7, 11) is -3.40. The van der Waals surface area contributed by atoms with Crippen molar-refractivity contribution in [1.29, 1.82) is 0 Å². The van der Waals surface area contributed by atoms with E-state index in [-0.39, 0.29) is 11.9 Å². The Bertz CT molecular complexity index is 756. The maximum atomic E-state index is 12.9. The van der Waals surface area contributed by atoms with Gasteiger partial charge in [-0.3, -0.25) is 9.69 Å². The Labute approximate surface area is 172 Å². The third-order valence-corrected chi connectivity index (χ3v) is 7.82. The van der Waals surface area contributed by atoms with Crippen LogP contribution in [-0.2, 0) is 15.0 Å². The first-order chi connectivity index (χ1) is 13.4. The Kier molecular flexibility index (Phi) is 7.33. The standard InChI is InChI=1S/C19H29ClN4O3S/c1-16(19(25)21-18-8-6-17(20)7-9-18)22-12-14-24(15-13-22)28(26,27)23-10-4-2-3-5-11-23/h6-9,16H,2-5,10-15H2,1H3,(H,21,25). The Morgan fingerprint density at radius 1 is 0.929 bits per heavy atom. The number of hydrogen-bond acceptors (Lipinski definition) is 4. The maximum Gasteiger partial charge on any atom is 0.282 e. The third kappa shape index (κ3) is 5.24. The molecule has 0 saturated carbocycles. The summed E-state index contributed by atoms with van der Waals surface area (Å²) in [5, 5.41) is 3.51. The largest absolute Gasteiger partial charge is 0.325 e. The molecule has 1 atom stereocenters. The van der Waals surface area contributed by atoms with E-state index in [1.807, 2.05) is 11.8 Å². The normalized spacial score (nSPS) is 21.8. The van der Waals surface area contributed by atoms with Crippen LogP contribution in [0.25, 0.3) is 0 Å². The molecule has 2 aliphatic heterocycles. The monoisotopic (exact) mass is 428 g/mol. The molecule has 1 aromatic rings. The number of amides is 1. The van der Waals surface area contributed by atoms with Crippen LogP contribution < -0.4 is 5.32 Å². The highest BCUT2D eigenvalue weighted by atomic mass is 35.5. The lowest BCUT2D eigenvalue weighted by molar-refractivity contribution is -0.121. The topological polar surface area (TPSA) is 73.0 Å². The van der Waals surface area contributed by atoms with E-state index in [0.29, 0.717) is 50.0 Å². The fourth-order valence-electron chi connectivity index (χ4n) is 3.70. The summed E-state index contributed by atoms with van der Waals surface area (Å²) in [6.07, 6.45) is 4.06. The van der Waals surface area contributed by atoms with E-state index in [2.05, 4.69) is 5.32 Å². The smallest absolute Gasteiger partial charge is 0.282 e. The lowest BCUT2D eigenvalue weighted by atomic mass is 10.2. The first-order valence-electron chi connectivity index (χ1n) is 9.93. The first kappa shape index (κ1) is 21.5. The number of hydrogen-bond donors (Lipinski definition) is 1. The SMILES string of the molecule is CC(C(=O)Nc1ccc(Cl)cc1)N1CCN(S(=O)(=O)N2CCCCCC2)CC1. The number of nitrogens with zero attached hydrogens (tertiary/aromatic N) is 3. The molecule has 0 radical (unpaired) electrons. The van der Waals surface area contributed by atoms with Crippen molar-refractivity contribution >= 4 is 33.4 Å². The summed E-state index contributed by atoms with van der Waals surface area (Å²) in [4.78, 5) is 14.6. The molecule has 156 valence electrons. The first-order valence-corrected chi connectivity index (χ1v) is 11.7. The highest BCUT2D eigenvalue weighted by Gasteiger charge is 2.34. The number of piperazine rings is 1. The molecule has 9 heteroatoms. The fraction of sp³-hybridized carbons (Fsp3) is 0.632. The third-order valence-electron chi connectivity index (χ3n) is 5.53. The lowest BCUT2D eigenvalue weighted by Crippen LogP contribution is -2.56. The number of anilines is 1. The van der Waals surface area contributed by atoms with Crippen LogP contribution in [0.1, 0.15) is 32.6 Å². The maximum absolute atomic E-state index is 12.9. The second kappa shape index (κ2) is 9.54. The Morgan fingerprint density at radius 2 is 1.46 bits per heavy atom. The van der Waals surface area contributed by atoms with Crippen LogP contribution in [0.2, 0.25) is 5.02 Å². The van der Waals surface area contributed by atoms with Gasteiger partial charge in [0.15, 0.2) is 0 Å². The fourth-order valence-corrected chi connectivity index (χ4v) is 5.50. The van der Waals surface area contributed by atoms with Crippen molar-refractivity contribution in [3.05, 3.63) is 29.3 Å². The number of halogens is 1. The van der Waals surface area contributed by atoms with E-state index in [4.69, 9.17) is 11.6 Å². The summed E-state index contributed by atoms with van der Waals surface area (Å²) in [6.45, 7) is 4.99. The molecule has 0 aromatic heterocycles. The van der Waals surface area contributed by atoms with Crippen molar-refractivity contribution in [2.75, 3.05) is 44.6 Å². The molecule has 1 aromatic carbocycles.